The minimum absolute atomic E-state index is 0. The number of carbonyl (C=O) groups is 1. The van der Waals surface area contributed by atoms with E-state index in [0.29, 0.717) is 0 Å². The molecule has 0 atom stereocenters. The molecular weight excluding hydrogens is 164 g/mol. The Bertz CT molecular complexity index is 87.6. The molecule has 5 nitrogen and oxygen atoms in total. The number of hydrogen-bond acceptors (Lipinski definition) is 3. The quantitative estimate of drug-likeness (QED) is 0.490. The molecule has 0 spiro atoms. The molecule has 0 aromatic heterocycles. The molecule has 0 aromatic carbocycles. The Morgan fingerprint density at radius 1 is 1.38 bits per heavy atom. The van der Waals surface area contributed by atoms with E-state index in [9.17, 15) is 0 Å². The third-order valence-electron chi connectivity index (χ3n) is 0. The van der Waals surface area contributed by atoms with Gasteiger partial charge in [0, 0.05) is 0 Å². The zero-order valence-corrected chi connectivity index (χ0v) is 6.80. The summed E-state index contributed by atoms with van der Waals surface area (Å²) in [6.45, 7) is 0. The van der Waals surface area contributed by atoms with E-state index in [1.807, 2.05) is 0 Å². The molecule has 0 saturated carbocycles. The summed E-state index contributed by atoms with van der Waals surface area (Å²) < 4.78 is 17.0. The van der Waals surface area contributed by atoms with E-state index in [4.69, 9.17) is 21.7 Å². The molecule has 0 bridgehead atoms. The molecule has 0 heterocycles. The molecule has 7 heteroatoms. The first kappa shape index (κ1) is 15.8. The summed E-state index contributed by atoms with van der Waals surface area (Å²) in [5, 5.41) is 13.9. The van der Waals surface area contributed by atoms with E-state index < -0.39 is 25.2 Å². The zero-order chi connectivity index (χ0) is 6.28. The summed E-state index contributed by atoms with van der Waals surface area (Å²) in [6, 6.07) is 0. The van der Waals surface area contributed by atoms with Crippen molar-refractivity contribution in [1.82, 2.24) is 0 Å². The maximum absolute atomic E-state index is 8.56. The molecule has 0 amide bonds. The Morgan fingerprint density at radius 2 is 1.38 bits per heavy atom. The summed E-state index contributed by atoms with van der Waals surface area (Å²) in [4.78, 5) is 8.56. The van der Waals surface area contributed by atoms with Gasteiger partial charge < -0.3 is 13.1 Å². The van der Waals surface area contributed by atoms with Crippen LogP contribution in [0.3, 0.4) is 0 Å². The Hall–Kier alpha value is 0.351. The second-order valence-electron chi connectivity index (χ2n) is 0.366. The second-order valence-corrected chi connectivity index (χ2v) is 0.626. The molecule has 8 heavy (non-hydrogen) atoms. The number of rotatable bonds is 0. The van der Waals surface area contributed by atoms with E-state index in [1.54, 1.807) is 0 Å². The summed E-state index contributed by atoms with van der Waals surface area (Å²) >= 11 is -2.00. The van der Waals surface area contributed by atoms with Gasteiger partial charge in [0.25, 0.3) is 0 Å². The van der Waals surface area contributed by atoms with Crippen LogP contribution in [-0.4, -0.2) is 39.4 Å². The van der Waals surface area contributed by atoms with E-state index in [0.717, 1.165) is 0 Å². The molecule has 0 rings (SSSR count). The maximum atomic E-state index is 8.56. The van der Waals surface area contributed by atoms with Gasteiger partial charge in [0.15, 0.2) is 0 Å². The first-order valence-corrected chi connectivity index (χ1v) is 2.33. The third kappa shape index (κ3) is 1480. The first-order chi connectivity index (χ1) is 3.15. The van der Waals surface area contributed by atoms with Crippen molar-refractivity contribution in [3.8, 4) is 0 Å². The van der Waals surface area contributed by atoms with Crippen LogP contribution in [0.1, 0.15) is 2.85 Å². The fourth-order valence-corrected chi connectivity index (χ4v) is 0. The Morgan fingerprint density at radius 3 is 1.38 bits per heavy atom. The van der Waals surface area contributed by atoms with E-state index in [-0.39, 0.29) is 25.9 Å². The van der Waals surface area contributed by atoms with Crippen LogP contribution in [-0.2, 0) is 25.7 Å². The van der Waals surface area contributed by atoms with Crippen molar-refractivity contribution in [2.45, 2.75) is 0 Å². The van der Waals surface area contributed by atoms with Gasteiger partial charge >= 0.3 is 54.9 Å². The Balaban J connectivity index is -0.0000000131. The predicted octanol–water partition coefficient (Wildman–Crippen LogP) is -0.174. The molecule has 0 saturated heterocycles. The Labute approximate surface area is 72.8 Å². The molecule has 2 N–H and O–H groups in total. The first-order valence-electron chi connectivity index (χ1n) is 1.06. The number of carboxylic acid groups (broad SMARTS) is 2. The predicted molar refractivity (Wildman–Crippen MR) is 20.0 cm³/mol. The van der Waals surface area contributed by atoms with Crippen molar-refractivity contribution >= 4 is 29.2 Å². The fourth-order valence-electron chi connectivity index (χ4n) is 0. The molecular formula is CH4MgO5Ti. The van der Waals surface area contributed by atoms with Gasteiger partial charge in [-0.15, -0.1) is 0 Å². The molecule has 44 valence electrons. The zero-order valence-electron chi connectivity index (χ0n) is 5.83. The van der Waals surface area contributed by atoms with Gasteiger partial charge in [-0.2, -0.15) is 0 Å². The summed E-state index contributed by atoms with van der Waals surface area (Å²) in [6.07, 6.45) is -1.83. The fraction of sp³-hybridized carbons (Fsp3) is 0. The van der Waals surface area contributed by atoms with Gasteiger partial charge in [-0.25, -0.2) is 4.79 Å². The second kappa shape index (κ2) is 15.7. The van der Waals surface area contributed by atoms with Gasteiger partial charge in [-0.1, -0.05) is 0 Å². The van der Waals surface area contributed by atoms with Crippen LogP contribution in [0.2, 0.25) is 0 Å². The molecule has 0 unspecified atom stereocenters. The van der Waals surface area contributed by atoms with Crippen LogP contribution in [0.4, 0.5) is 4.79 Å². The molecule has 0 radical (unpaired) electrons. The standard InChI is InChI=1S/CH2O3.Mg.2O.Ti.2H/c2-1(3)4;;;;;;/h(H2,2,3,4);;;;;;/q;+2;;;;2*-1. The van der Waals surface area contributed by atoms with Crippen molar-refractivity contribution in [1.29, 1.82) is 0 Å². The van der Waals surface area contributed by atoms with E-state index in [1.165, 1.54) is 0 Å². The van der Waals surface area contributed by atoms with Gasteiger partial charge in [0.05, 0.1) is 0 Å². The average Bonchev–Trinajstić information content (AvgIpc) is 1.33. The van der Waals surface area contributed by atoms with Gasteiger partial charge in [0.2, 0.25) is 0 Å². The van der Waals surface area contributed by atoms with Crippen LogP contribution in [0.15, 0.2) is 0 Å². The van der Waals surface area contributed by atoms with Gasteiger partial charge in [-0.3, -0.25) is 0 Å². The summed E-state index contributed by atoms with van der Waals surface area (Å²) in [5.74, 6) is 0. The van der Waals surface area contributed by atoms with Crippen molar-refractivity contribution in [2.75, 3.05) is 0 Å². The molecule has 0 aromatic rings. The minimum atomic E-state index is -2.00. The van der Waals surface area contributed by atoms with Crippen molar-refractivity contribution < 1.29 is 43.6 Å². The van der Waals surface area contributed by atoms with Crippen LogP contribution < -0.4 is 0 Å². The molecule has 0 aliphatic rings. The summed E-state index contributed by atoms with van der Waals surface area (Å²) in [5.41, 5.74) is 0. The monoisotopic (exact) mass is 168 g/mol. The van der Waals surface area contributed by atoms with E-state index in [2.05, 4.69) is 0 Å². The topological polar surface area (TPSA) is 91.7 Å². The van der Waals surface area contributed by atoms with Crippen LogP contribution in [0.25, 0.3) is 0 Å². The average molecular weight is 168 g/mol. The van der Waals surface area contributed by atoms with Gasteiger partial charge in [-0.05, 0) is 0 Å². The van der Waals surface area contributed by atoms with Crippen LogP contribution >= 0.6 is 0 Å². The number of hydrogen-bond donors (Lipinski definition) is 2. The van der Waals surface area contributed by atoms with Crippen LogP contribution in [0, 0.1) is 0 Å². The van der Waals surface area contributed by atoms with Gasteiger partial charge in [0.1, 0.15) is 0 Å². The normalized spacial score (nSPS) is 4.00. The Kier molecular flexibility index (Phi) is 30.9. The van der Waals surface area contributed by atoms with Crippen LogP contribution in [0.5, 0.6) is 0 Å². The van der Waals surface area contributed by atoms with Crippen molar-refractivity contribution in [3.05, 3.63) is 0 Å². The van der Waals surface area contributed by atoms with Crippen molar-refractivity contribution in [2.24, 2.45) is 0 Å². The third-order valence-corrected chi connectivity index (χ3v) is 0. The molecule has 0 aliphatic carbocycles. The molecule has 0 fully saturated rings. The van der Waals surface area contributed by atoms with E-state index >= 15 is 0 Å². The van der Waals surface area contributed by atoms with Crippen molar-refractivity contribution in [3.63, 3.8) is 0 Å². The molecule has 0 aliphatic heterocycles. The SMILES string of the molecule is O=C(O)O.[H-].[H-].[Mg+2].[O]=[Ti]=[O]. The summed E-state index contributed by atoms with van der Waals surface area (Å²) in [7, 11) is 0.